The topological polar surface area (TPSA) is 91.1 Å². The van der Waals surface area contributed by atoms with Crippen LogP contribution in [-0.4, -0.2) is 43.1 Å². The van der Waals surface area contributed by atoms with E-state index in [0.29, 0.717) is 36.1 Å². The number of amides is 1. The summed E-state index contributed by atoms with van der Waals surface area (Å²) >= 11 is 0. The maximum absolute atomic E-state index is 13.4. The molecule has 1 fully saturated rings. The van der Waals surface area contributed by atoms with Crippen LogP contribution in [0.3, 0.4) is 0 Å². The second-order valence-corrected chi connectivity index (χ2v) is 9.03. The largest absolute Gasteiger partial charge is 0.493 e. The van der Waals surface area contributed by atoms with E-state index in [0.717, 1.165) is 30.4 Å². The minimum absolute atomic E-state index is 0.0106. The Morgan fingerprint density at radius 3 is 2.38 bits per heavy atom. The number of hydrogen-bond acceptors (Lipinski definition) is 6. The van der Waals surface area contributed by atoms with Gasteiger partial charge < -0.3 is 19.1 Å². The summed E-state index contributed by atoms with van der Waals surface area (Å²) in [6.07, 6.45) is 7.19. The van der Waals surface area contributed by atoms with Crippen molar-refractivity contribution in [2.24, 2.45) is 5.92 Å². The number of hydrogen-bond donors (Lipinski definition) is 0. The van der Waals surface area contributed by atoms with Gasteiger partial charge in [-0.2, -0.15) is 0 Å². The summed E-state index contributed by atoms with van der Waals surface area (Å²) in [7, 11) is 3.21. The Kier molecular flexibility index (Phi) is 7.55. The zero-order valence-electron chi connectivity index (χ0n) is 19.8. The fraction of sp³-hybridized carbons (Fsp3) is 0.500. The minimum Gasteiger partial charge on any atom is -0.493 e. The molecular formula is C26H32N2O6. The Balaban J connectivity index is 1.59. The molecule has 1 aliphatic carbocycles. The van der Waals surface area contributed by atoms with Crippen LogP contribution in [0.15, 0.2) is 36.4 Å². The zero-order valence-corrected chi connectivity index (χ0v) is 19.8. The number of nitro benzene ring substituents is 1. The van der Waals surface area contributed by atoms with Crippen LogP contribution < -0.4 is 14.2 Å². The third-order valence-electron chi connectivity index (χ3n) is 6.97. The molecule has 0 saturated heterocycles. The summed E-state index contributed by atoms with van der Waals surface area (Å²) in [6, 6.07) is 9.66. The van der Waals surface area contributed by atoms with Crippen molar-refractivity contribution >= 4 is 11.6 Å². The van der Waals surface area contributed by atoms with Crippen LogP contribution in [0.25, 0.3) is 0 Å². The maximum Gasteiger partial charge on any atom is 0.269 e. The van der Waals surface area contributed by atoms with Crippen LogP contribution in [0.4, 0.5) is 5.69 Å². The van der Waals surface area contributed by atoms with Crippen LogP contribution in [-0.2, 0) is 11.2 Å². The molecule has 182 valence electrons. The number of carbonyl (C=O) groups is 1. The van der Waals surface area contributed by atoms with Crippen molar-refractivity contribution < 1.29 is 23.9 Å². The lowest BCUT2D eigenvalue weighted by molar-refractivity contribution is -0.384. The lowest BCUT2D eigenvalue weighted by Crippen LogP contribution is -2.43. The molecule has 1 saturated carbocycles. The van der Waals surface area contributed by atoms with Gasteiger partial charge in [0.2, 0.25) is 5.91 Å². The first kappa shape index (κ1) is 23.9. The number of benzene rings is 2. The van der Waals surface area contributed by atoms with Crippen LogP contribution in [0, 0.1) is 16.0 Å². The molecule has 0 radical (unpaired) electrons. The van der Waals surface area contributed by atoms with Gasteiger partial charge in [0.1, 0.15) is 12.4 Å². The Labute approximate surface area is 200 Å². The Hall–Kier alpha value is -3.29. The number of non-ortho nitro benzene ring substituents is 1. The van der Waals surface area contributed by atoms with E-state index in [9.17, 15) is 14.9 Å². The smallest absolute Gasteiger partial charge is 0.269 e. The summed E-state index contributed by atoms with van der Waals surface area (Å²) in [5.74, 6) is 2.41. The minimum atomic E-state index is -0.438. The van der Waals surface area contributed by atoms with Gasteiger partial charge in [-0.15, -0.1) is 0 Å². The molecule has 0 aromatic heterocycles. The monoisotopic (exact) mass is 468 g/mol. The number of rotatable bonds is 8. The molecule has 2 aromatic rings. The van der Waals surface area contributed by atoms with Crippen LogP contribution >= 0.6 is 0 Å². The predicted octanol–water partition coefficient (Wildman–Crippen LogP) is 5.09. The van der Waals surface area contributed by atoms with Gasteiger partial charge in [0.25, 0.3) is 5.69 Å². The quantitative estimate of drug-likeness (QED) is 0.396. The average Bonchev–Trinajstić information content (AvgIpc) is 2.87. The van der Waals surface area contributed by atoms with E-state index in [1.54, 1.807) is 26.4 Å². The van der Waals surface area contributed by atoms with Gasteiger partial charge in [-0.1, -0.05) is 19.3 Å². The maximum atomic E-state index is 13.4. The van der Waals surface area contributed by atoms with Crippen molar-refractivity contribution in [1.29, 1.82) is 0 Å². The standard InChI is InChI=1S/C26H32N2O6/c1-32-24-15-19-12-13-27(26(29)14-18-6-4-3-5-7-18)23(22(19)16-25(24)33-2)17-34-21-10-8-20(9-11-21)28(30)31/h8-11,15-16,18,23H,3-7,12-14,17H2,1-2H3. The fourth-order valence-corrected chi connectivity index (χ4v) is 5.10. The highest BCUT2D eigenvalue weighted by Crippen LogP contribution is 2.39. The zero-order chi connectivity index (χ0) is 24.1. The molecule has 0 N–H and O–H groups in total. The normalized spacial score (nSPS) is 18.2. The van der Waals surface area contributed by atoms with Crippen molar-refractivity contribution in [3.05, 3.63) is 57.6 Å². The molecule has 1 unspecified atom stereocenters. The third-order valence-corrected chi connectivity index (χ3v) is 6.97. The summed E-state index contributed by atoms with van der Waals surface area (Å²) in [6.45, 7) is 0.860. The molecule has 2 aliphatic rings. The number of nitrogens with zero attached hydrogens (tertiary/aromatic N) is 2. The van der Waals surface area contributed by atoms with Crippen molar-refractivity contribution in [3.8, 4) is 17.2 Å². The second-order valence-electron chi connectivity index (χ2n) is 9.03. The highest BCUT2D eigenvalue weighted by atomic mass is 16.6. The van der Waals surface area contributed by atoms with Crippen LogP contribution in [0.5, 0.6) is 17.2 Å². The van der Waals surface area contributed by atoms with Crippen molar-refractivity contribution in [1.82, 2.24) is 4.90 Å². The summed E-state index contributed by atoms with van der Waals surface area (Å²) < 4.78 is 17.1. The molecule has 34 heavy (non-hydrogen) atoms. The lowest BCUT2D eigenvalue weighted by atomic mass is 9.85. The van der Waals surface area contributed by atoms with Gasteiger partial charge in [-0.25, -0.2) is 0 Å². The van der Waals surface area contributed by atoms with Crippen molar-refractivity contribution in [2.45, 2.75) is 51.0 Å². The molecule has 8 nitrogen and oxygen atoms in total. The Morgan fingerprint density at radius 1 is 1.06 bits per heavy atom. The van der Waals surface area contributed by atoms with E-state index in [1.807, 2.05) is 17.0 Å². The number of ether oxygens (including phenoxy) is 3. The van der Waals surface area contributed by atoms with Crippen molar-refractivity contribution in [2.75, 3.05) is 27.4 Å². The lowest BCUT2D eigenvalue weighted by Gasteiger charge is -2.38. The third kappa shape index (κ3) is 5.26. The highest BCUT2D eigenvalue weighted by Gasteiger charge is 2.34. The molecule has 2 aromatic carbocycles. The molecular weight excluding hydrogens is 436 g/mol. The summed E-state index contributed by atoms with van der Waals surface area (Å²) in [5.41, 5.74) is 2.11. The molecule has 8 heteroatoms. The molecule has 1 amide bonds. The second kappa shape index (κ2) is 10.8. The average molecular weight is 469 g/mol. The van der Waals surface area contributed by atoms with Crippen LogP contribution in [0.2, 0.25) is 0 Å². The van der Waals surface area contributed by atoms with Crippen LogP contribution in [0.1, 0.15) is 55.7 Å². The first-order valence-corrected chi connectivity index (χ1v) is 11.9. The molecule has 0 bridgehead atoms. The van der Waals surface area contributed by atoms with E-state index in [-0.39, 0.29) is 24.2 Å². The summed E-state index contributed by atoms with van der Waals surface area (Å²) in [5, 5.41) is 10.9. The van der Waals surface area contributed by atoms with E-state index in [2.05, 4.69) is 0 Å². The van der Waals surface area contributed by atoms with Gasteiger partial charge in [0.15, 0.2) is 11.5 Å². The highest BCUT2D eigenvalue weighted by molar-refractivity contribution is 5.77. The van der Waals surface area contributed by atoms with Gasteiger partial charge in [0, 0.05) is 25.1 Å². The van der Waals surface area contributed by atoms with E-state index in [1.165, 1.54) is 31.4 Å². The SMILES string of the molecule is COc1cc2c(cc1OC)C(COc1ccc([N+](=O)[O-])cc1)N(C(=O)CC1CCCCC1)CC2. The molecule has 1 heterocycles. The number of fused-ring (bicyclic) bond motifs is 1. The molecule has 4 rings (SSSR count). The molecule has 0 spiro atoms. The van der Waals surface area contributed by atoms with Gasteiger partial charge in [-0.05, 0) is 60.6 Å². The number of nitro groups is 1. The van der Waals surface area contributed by atoms with Gasteiger partial charge in [-0.3, -0.25) is 14.9 Å². The summed E-state index contributed by atoms with van der Waals surface area (Å²) in [4.78, 5) is 25.9. The van der Waals surface area contributed by atoms with E-state index < -0.39 is 4.92 Å². The number of methoxy groups -OCH3 is 2. The Bertz CT molecular complexity index is 1020. The van der Waals surface area contributed by atoms with Gasteiger partial charge >= 0.3 is 0 Å². The first-order chi connectivity index (χ1) is 16.5. The predicted molar refractivity (Wildman–Crippen MR) is 127 cm³/mol. The Morgan fingerprint density at radius 2 is 1.74 bits per heavy atom. The van der Waals surface area contributed by atoms with E-state index >= 15 is 0 Å². The molecule has 1 atom stereocenters. The van der Waals surface area contributed by atoms with E-state index in [4.69, 9.17) is 14.2 Å². The number of carbonyl (C=O) groups excluding carboxylic acids is 1. The fourth-order valence-electron chi connectivity index (χ4n) is 5.10. The first-order valence-electron chi connectivity index (χ1n) is 11.9. The van der Waals surface area contributed by atoms with Gasteiger partial charge in [0.05, 0.1) is 25.2 Å². The van der Waals surface area contributed by atoms with Crippen molar-refractivity contribution in [3.63, 3.8) is 0 Å². The molecule has 1 aliphatic heterocycles.